The van der Waals surface area contributed by atoms with E-state index in [0.29, 0.717) is 13.1 Å². The quantitative estimate of drug-likeness (QED) is 0.702. The molecule has 1 atom stereocenters. The molecule has 0 aliphatic rings. The predicted octanol–water partition coefficient (Wildman–Crippen LogP) is 1.64. The van der Waals surface area contributed by atoms with Gasteiger partial charge < -0.3 is 10.1 Å². The summed E-state index contributed by atoms with van der Waals surface area (Å²) >= 11 is 0. The minimum Gasteiger partial charge on any atom is -0.467 e. The maximum atomic E-state index is 12.4. The summed E-state index contributed by atoms with van der Waals surface area (Å²) in [4.78, 5) is 24.2. The number of methoxy groups -OCH3 is 1. The van der Waals surface area contributed by atoms with Crippen molar-refractivity contribution in [3.05, 3.63) is 29.8 Å². The Kier molecular flexibility index (Phi) is 7.57. The van der Waals surface area contributed by atoms with Crippen molar-refractivity contribution in [2.24, 2.45) is 5.92 Å². The first-order chi connectivity index (χ1) is 11.7. The molecule has 1 amide bonds. The van der Waals surface area contributed by atoms with Gasteiger partial charge in [-0.25, -0.2) is 13.2 Å². The molecular weight excluding hydrogens is 344 g/mol. The lowest BCUT2D eigenvalue weighted by Crippen LogP contribution is -2.45. The van der Waals surface area contributed by atoms with Crippen LogP contribution in [0.5, 0.6) is 0 Å². The standard InChI is InChI=1S/C17H26N2O5S/c1-6-19(7-2)25(22,23)14-10-8-13(9-11-14)16(20)18-15(12(3)4)17(21)24-5/h8-12,15H,6-7H2,1-5H3,(H,18,20). The number of esters is 1. The van der Waals surface area contributed by atoms with Crippen LogP contribution in [0.1, 0.15) is 38.1 Å². The molecule has 140 valence electrons. The summed E-state index contributed by atoms with van der Waals surface area (Å²) in [6.45, 7) is 7.86. The highest BCUT2D eigenvalue weighted by Crippen LogP contribution is 2.16. The third kappa shape index (κ3) is 5.02. The van der Waals surface area contributed by atoms with Crippen molar-refractivity contribution in [1.29, 1.82) is 0 Å². The Morgan fingerprint density at radius 1 is 1.12 bits per heavy atom. The van der Waals surface area contributed by atoms with Crippen molar-refractivity contribution in [2.45, 2.75) is 38.6 Å². The normalized spacial score (nSPS) is 12.9. The fourth-order valence-corrected chi connectivity index (χ4v) is 3.80. The average molecular weight is 370 g/mol. The van der Waals surface area contributed by atoms with Gasteiger partial charge >= 0.3 is 5.97 Å². The Balaban J connectivity index is 2.99. The topological polar surface area (TPSA) is 92.8 Å². The van der Waals surface area contributed by atoms with Crippen LogP contribution in [0.3, 0.4) is 0 Å². The average Bonchev–Trinajstić information content (AvgIpc) is 2.59. The number of sulfonamides is 1. The molecule has 0 aromatic heterocycles. The Hall–Kier alpha value is -1.93. The van der Waals surface area contributed by atoms with E-state index < -0.39 is 27.9 Å². The molecular formula is C17H26N2O5S. The molecule has 0 saturated heterocycles. The van der Waals surface area contributed by atoms with Gasteiger partial charge in [0.25, 0.3) is 5.91 Å². The fourth-order valence-electron chi connectivity index (χ4n) is 2.34. The maximum absolute atomic E-state index is 12.4. The zero-order valence-electron chi connectivity index (χ0n) is 15.3. The van der Waals surface area contributed by atoms with Gasteiger partial charge in [0.05, 0.1) is 12.0 Å². The molecule has 0 aliphatic carbocycles. The number of hydrogen-bond acceptors (Lipinski definition) is 5. The van der Waals surface area contributed by atoms with Crippen molar-refractivity contribution in [3.8, 4) is 0 Å². The number of carbonyl (C=O) groups excluding carboxylic acids is 2. The lowest BCUT2D eigenvalue weighted by atomic mass is 10.0. The van der Waals surface area contributed by atoms with E-state index in [9.17, 15) is 18.0 Å². The van der Waals surface area contributed by atoms with E-state index >= 15 is 0 Å². The second-order valence-corrected chi connectivity index (χ2v) is 7.77. The molecule has 7 nitrogen and oxygen atoms in total. The first-order valence-electron chi connectivity index (χ1n) is 8.17. The summed E-state index contributed by atoms with van der Waals surface area (Å²) in [6.07, 6.45) is 0. The molecule has 1 rings (SSSR count). The number of benzene rings is 1. The SMILES string of the molecule is CCN(CC)S(=O)(=O)c1ccc(C(=O)NC(C(=O)OC)C(C)C)cc1. The van der Waals surface area contributed by atoms with E-state index in [2.05, 4.69) is 10.1 Å². The fraction of sp³-hybridized carbons (Fsp3) is 0.529. The van der Waals surface area contributed by atoms with Crippen molar-refractivity contribution >= 4 is 21.9 Å². The molecule has 1 aromatic rings. The molecule has 1 unspecified atom stereocenters. The summed E-state index contributed by atoms with van der Waals surface area (Å²) in [7, 11) is -2.31. The van der Waals surface area contributed by atoms with Gasteiger partial charge in [0.15, 0.2) is 0 Å². The third-order valence-electron chi connectivity index (χ3n) is 3.87. The van der Waals surface area contributed by atoms with Crippen molar-refractivity contribution in [2.75, 3.05) is 20.2 Å². The minimum atomic E-state index is -3.57. The van der Waals surface area contributed by atoms with E-state index in [4.69, 9.17) is 0 Å². The number of ether oxygens (including phenoxy) is 1. The van der Waals surface area contributed by atoms with Crippen LogP contribution in [0.15, 0.2) is 29.2 Å². The zero-order valence-corrected chi connectivity index (χ0v) is 16.1. The summed E-state index contributed by atoms with van der Waals surface area (Å²) in [6, 6.07) is 4.88. The highest BCUT2D eigenvalue weighted by Gasteiger charge is 2.26. The summed E-state index contributed by atoms with van der Waals surface area (Å²) < 4.78 is 30.9. The number of nitrogens with zero attached hydrogens (tertiary/aromatic N) is 1. The van der Waals surface area contributed by atoms with Crippen LogP contribution < -0.4 is 5.32 Å². The molecule has 1 N–H and O–H groups in total. The van der Waals surface area contributed by atoms with Crippen molar-refractivity contribution < 1.29 is 22.7 Å². The van der Waals surface area contributed by atoms with E-state index in [1.165, 1.54) is 35.7 Å². The van der Waals surface area contributed by atoms with Gasteiger partial charge in [-0.05, 0) is 30.2 Å². The van der Waals surface area contributed by atoms with Gasteiger partial charge in [-0.3, -0.25) is 4.79 Å². The molecule has 0 aliphatic heterocycles. The summed E-state index contributed by atoms with van der Waals surface area (Å²) in [5.74, 6) is -1.13. The Bertz CT molecular complexity index is 694. The van der Waals surface area contributed by atoms with Crippen LogP contribution in [0.25, 0.3) is 0 Å². The number of hydrogen-bond donors (Lipinski definition) is 1. The highest BCUT2D eigenvalue weighted by atomic mass is 32.2. The monoisotopic (exact) mass is 370 g/mol. The first kappa shape index (κ1) is 21.1. The number of rotatable bonds is 8. The van der Waals surface area contributed by atoms with Gasteiger partial charge in [0, 0.05) is 18.7 Å². The second kappa shape index (κ2) is 8.96. The number of amides is 1. The van der Waals surface area contributed by atoms with Crippen LogP contribution in [-0.2, 0) is 19.6 Å². The van der Waals surface area contributed by atoms with Gasteiger partial charge in [-0.15, -0.1) is 0 Å². The highest BCUT2D eigenvalue weighted by molar-refractivity contribution is 7.89. The Morgan fingerprint density at radius 2 is 1.64 bits per heavy atom. The van der Waals surface area contributed by atoms with Gasteiger partial charge in [0.2, 0.25) is 10.0 Å². The number of nitrogens with one attached hydrogen (secondary N) is 1. The molecule has 0 bridgehead atoms. The zero-order chi connectivity index (χ0) is 19.2. The third-order valence-corrected chi connectivity index (χ3v) is 5.93. The van der Waals surface area contributed by atoms with Crippen LogP contribution in [0.4, 0.5) is 0 Å². The van der Waals surface area contributed by atoms with Crippen molar-refractivity contribution in [3.63, 3.8) is 0 Å². The number of carbonyl (C=O) groups is 2. The van der Waals surface area contributed by atoms with Crippen LogP contribution >= 0.6 is 0 Å². The van der Waals surface area contributed by atoms with Crippen LogP contribution in [0, 0.1) is 5.92 Å². The molecule has 0 heterocycles. The van der Waals surface area contributed by atoms with Gasteiger partial charge in [-0.1, -0.05) is 27.7 Å². The van der Waals surface area contributed by atoms with Crippen molar-refractivity contribution in [1.82, 2.24) is 9.62 Å². The molecule has 8 heteroatoms. The minimum absolute atomic E-state index is 0.126. The molecule has 0 fully saturated rings. The van der Waals surface area contributed by atoms with Gasteiger partial charge in [0.1, 0.15) is 6.04 Å². The molecule has 0 radical (unpaired) electrons. The van der Waals surface area contributed by atoms with Crippen LogP contribution in [-0.4, -0.2) is 50.8 Å². The van der Waals surface area contributed by atoms with Crippen LogP contribution in [0.2, 0.25) is 0 Å². The molecule has 0 saturated carbocycles. The smallest absolute Gasteiger partial charge is 0.328 e. The maximum Gasteiger partial charge on any atom is 0.328 e. The summed E-state index contributed by atoms with van der Waals surface area (Å²) in [5.41, 5.74) is 0.271. The Morgan fingerprint density at radius 3 is 2.04 bits per heavy atom. The lowest BCUT2D eigenvalue weighted by Gasteiger charge is -2.20. The summed E-state index contributed by atoms with van der Waals surface area (Å²) in [5, 5.41) is 2.61. The van der Waals surface area contributed by atoms with E-state index in [0.717, 1.165) is 0 Å². The Labute approximate surface area is 149 Å². The lowest BCUT2D eigenvalue weighted by molar-refractivity contribution is -0.144. The van der Waals surface area contributed by atoms with E-state index in [1.807, 2.05) is 0 Å². The second-order valence-electron chi connectivity index (χ2n) is 5.83. The largest absolute Gasteiger partial charge is 0.467 e. The van der Waals surface area contributed by atoms with E-state index in [-0.39, 0.29) is 16.4 Å². The molecule has 0 spiro atoms. The van der Waals surface area contributed by atoms with E-state index in [1.54, 1.807) is 27.7 Å². The van der Waals surface area contributed by atoms with Gasteiger partial charge in [-0.2, -0.15) is 4.31 Å². The first-order valence-corrected chi connectivity index (χ1v) is 9.61. The molecule has 1 aromatic carbocycles. The molecule has 25 heavy (non-hydrogen) atoms. The predicted molar refractivity (Wildman–Crippen MR) is 94.7 cm³/mol.